The first-order valence-corrected chi connectivity index (χ1v) is 12.1. The molecular formula is C32H30F2O. The average Bonchev–Trinajstić information content (AvgIpc) is 2.86. The van der Waals surface area contributed by atoms with Crippen LogP contribution in [0.5, 0.6) is 5.75 Å². The van der Waals surface area contributed by atoms with Crippen LogP contribution in [0.3, 0.4) is 0 Å². The normalized spacial score (nSPS) is 15.1. The van der Waals surface area contributed by atoms with E-state index in [0.717, 1.165) is 46.4 Å². The van der Waals surface area contributed by atoms with Gasteiger partial charge in [0.05, 0.1) is 6.61 Å². The molecule has 0 spiro atoms. The Bertz CT molecular complexity index is 1300. The van der Waals surface area contributed by atoms with Gasteiger partial charge in [-0.3, -0.25) is 0 Å². The first-order valence-electron chi connectivity index (χ1n) is 12.1. The highest BCUT2D eigenvalue weighted by molar-refractivity contribution is 5.76. The molecule has 3 heteroatoms. The second-order valence-corrected chi connectivity index (χ2v) is 8.99. The number of aryl methyl sites for hydroxylation is 2. The van der Waals surface area contributed by atoms with Crippen molar-refractivity contribution < 1.29 is 13.5 Å². The van der Waals surface area contributed by atoms with Crippen molar-refractivity contribution in [1.82, 2.24) is 0 Å². The molecule has 1 nitrogen and oxygen atoms in total. The van der Waals surface area contributed by atoms with Crippen LogP contribution in [0, 0.1) is 31.5 Å². The highest BCUT2D eigenvalue weighted by Crippen LogP contribution is 2.37. The highest BCUT2D eigenvalue weighted by Gasteiger charge is 2.20. The monoisotopic (exact) mass is 468 g/mol. The van der Waals surface area contributed by atoms with Gasteiger partial charge in [0.15, 0.2) is 0 Å². The van der Waals surface area contributed by atoms with Gasteiger partial charge in [-0.25, -0.2) is 8.78 Å². The van der Waals surface area contributed by atoms with E-state index in [1.165, 1.54) is 6.07 Å². The van der Waals surface area contributed by atoms with Crippen LogP contribution in [0.1, 0.15) is 65.5 Å². The second-order valence-electron chi connectivity index (χ2n) is 8.99. The molecule has 1 atom stereocenters. The Morgan fingerprint density at radius 3 is 2.34 bits per heavy atom. The Kier molecular flexibility index (Phi) is 7.83. The predicted octanol–water partition coefficient (Wildman–Crippen LogP) is 8.45. The molecule has 1 aliphatic carbocycles. The van der Waals surface area contributed by atoms with Crippen molar-refractivity contribution in [1.29, 1.82) is 0 Å². The van der Waals surface area contributed by atoms with E-state index in [1.807, 2.05) is 61.5 Å². The number of rotatable bonds is 6. The standard InChI is InChI=1S/C32H30F2O/c1-4-5-18-35-29-15-12-26(13-16-29)30-17-14-28(21-32(30)34)25-9-6-24(7-10-25)8-11-27-20-31(33)23(3)19-22(27)2/h6-7,9-10,12-16,19-21,30H,4-5,17-18H2,1-3H3. The number of benzene rings is 3. The average molecular weight is 469 g/mol. The molecule has 4 rings (SSSR count). The number of ether oxygens (including phenoxy) is 1. The van der Waals surface area contributed by atoms with Crippen LogP contribution in [0.25, 0.3) is 5.57 Å². The molecule has 0 fully saturated rings. The van der Waals surface area contributed by atoms with Gasteiger partial charge in [0.1, 0.15) is 17.4 Å². The van der Waals surface area contributed by atoms with Crippen molar-refractivity contribution in [2.45, 2.75) is 46.0 Å². The largest absolute Gasteiger partial charge is 0.494 e. The highest BCUT2D eigenvalue weighted by atomic mass is 19.1. The number of halogens is 2. The molecular weight excluding hydrogens is 438 g/mol. The smallest absolute Gasteiger partial charge is 0.127 e. The minimum Gasteiger partial charge on any atom is -0.494 e. The molecule has 178 valence electrons. The van der Waals surface area contributed by atoms with E-state index >= 15 is 4.39 Å². The lowest BCUT2D eigenvalue weighted by molar-refractivity contribution is 0.309. The van der Waals surface area contributed by atoms with Crippen molar-refractivity contribution in [2.75, 3.05) is 6.61 Å². The summed E-state index contributed by atoms with van der Waals surface area (Å²) in [6, 6.07) is 18.8. The lowest BCUT2D eigenvalue weighted by Crippen LogP contribution is -2.04. The number of unbranched alkanes of at least 4 members (excludes halogenated alkanes) is 1. The van der Waals surface area contributed by atoms with Crippen LogP contribution in [-0.4, -0.2) is 6.61 Å². The van der Waals surface area contributed by atoms with E-state index in [4.69, 9.17) is 4.74 Å². The SMILES string of the molecule is CCCCOc1ccc(C2CC=C(c3ccc(C#Cc4cc(F)c(C)cc4C)cc3)C=C2F)cc1. The minimum atomic E-state index is -0.272. The Morgan fingerprint density at radius 1 is 0.914 bits per heavy atom. The quantitative estimate of drug-likeness (QED) is 0.260. The zero-order valence-electron chi connectivity index (χ0n) is 20.5. The summed E-state index contributed by atoms with van der Waals surface area (Å²) in [5.74, 6) is 6.33. The summed E-state index contributed by atoms with van der Waals surface area (Å²) in [4.78, 5) is 0. The maximum atomic E-state index is 15.0. The summed E-state index contributed by atoms with van der Waals surface area (Å²) < 4.78 is 34.6. The topological polar surface area (TPSA) is 9.23 Å². The molecule has 1 aliphatic rings. The zero-order valence-corrected chi connectivity index (χ0v) is 20.5. The van der Waals surface area contributed by atoms with Crippen LogP contribution in [-0.2, 0) is 0 Å². The van der Waals surface area contributed by atoms with Crippen molar-refractivity contribution in [3.05, 3.63) is 118 Å². The molecule has 0 N–H and O–H groups in total. The molecule has 1 unspecified atom stereocenters. The van der Waals surface area contributed by atoms with Crippen LogP contribution < -0.4 is 4.74 Å². The van der Waals surface area contributed by atoms with Gasteiger partial charge in [0.2, 0.25) is 0 Å². The van der Waals surface area contributed by atoms with Gasteiger partial charge in [0, 0.05) is 17.0 Å². The van der Waals surface area contributed by atoms with E-state index in [9.17, 15) is 4.39 Å². The molecule has 3 aromatic carbocycles. The summed E-state index contributed by atoms with van der Waals surface area (Å²) in [7, 11) is 0. The van der Waals surface area contributed by atoms with Crippen molar-refractivity contribution >= 4 is 5.57 Å². The predicted molar refractivity (Wildman–Crippen MR) is 140 cm³/mol. The Morgan fingerprint density at radius 2 is 1.66 bits per heavy atom. The van der Waals surface area contributed by atoms with E-state index in [2.05, 4.69) is 24.8 Å². The van der Waals surface area contributed by atoms with Gasteiger partial charge in [-0.1, -0.05) is 61.6 Å². The molecule has 0 saturated carbocycles. The first kappa shape index (κ1) is 24.5. The summed E-state index contributed by atoms with van der Waals surface area (Å²) in [5, 5.41) is 0. The third-order valence-electron chi connectivity index (χ3n) is 6.31. The summed E-state index contributed by atoms with van der Waals surface area (Å²) in [6.45, 7) is 6.51. The summed E-state index contributed by atoms with van der Waals surface area (Å²) in [5.41, 5.74) is 5.85. The third kappa shape index (κ3) is 6.08. The fraction of sp³-hybridized carbons (Fsp3) is 0.250. The van der Waals surface area contributed by atoms with Gasteiger partial charge >= 0.3 is 0 Å². The first-order chi connectivity index (χ1) is 16.9. The molecule has 0 aliphatic heterocycles. The number of hydrogen-bond acceptors (Lipinski definition) is 1. The number of allylic oxidation sites excluding steroid dienone is 4. The van der Waals surface area contributed by atoms with E-state index < -0.39 is 0 Å². The maximum absolute atomic E-state index is 15.0. The molecule has 0 aromatic heterocycles. The van der Waals surface area contributed by atoms with Crippen LogP contribution in [0.2, 0.25) is 0 Å². The molecule has 3 aromatic rings. The molecule has 0 bridgehead atoms. The third-order valence-corrected chi connectivity index (χ3v) is 6.31. The van der Waals surface area contributed by atoms with Crippen LogP contribution in [0.15, 0.2) is 78.6 Å². The van der Waals surface area contributed by atoms with E-state index in [1.54, 1.807) is 13.0 Å². The van der Waals surface area contributed by atoms with Gasteiger partial charge in [-0.2, -0.15) is 0 Å². The Hall–Kier alpha value is -3.64. The van der Waals surface area contributed by atoms with Gasteiger partial charge < -0.3 is 4.74 Å². The fourth-order valence-corrected chi connectivity index (χ4v) is 4.14. The van der Waals surface area contributed by atoms with Crippen molar-refractivity contribution in [3.63, 3.8) is 0 Å². The van der Waals surface area contributed by atoms with Crippen molar-refractivity contribution in [3.8, 4) is 17.6 Å². The second kappa shape index (κ2) is 11.2. The molecule has 0 saturated heterocycles. The molecule has 0 heterocycles. The summed E-state index contributed by atoms with van der Waals surface area (Å²) in [6.07, 6.45) is 6.43. The Balaban J connectivity index is 1.43. The summed E-state index contributed by atoms with van der Waals surface area (Å²) >= 11 is 0. The molecule has 35 heavy (non-hydrogen) atoms. The minimum absolute atomic E-state index is 0.136. The Labute approximate surface area is 207 Å². The maximum Gasteiger partial charge on any atom is 0.127 e. The molecule has 0 amide bonds. The van der Waals surface area contributed by atoms with E-state index in [-0.39, 0.29) is 17.6 Å². The van der Waals surface area contributed by atoms with Gasteiger partial charge in [-0.15, -0.1) is 0 Å². The van der Waals surface area contributed by atoms with Gasteiger partial charge in [0.25, 0.3) is 0 Å². The van der Waals surface area contributed by atoms with E-state index in [0.29, 0.717) is 24.2 Å². The lowest BCUT2D eigenvalue weighted by Gasteiger charge is -2.20. The van der Waals surface area contributed by atoms with Crippen LogP contribution in [0.4, 0.5) is 8.78 Å². The fourth-order valence-electron chi connectivity index (χ4n) is 4.14. The zero-order chi connectivity index (χ0) is 24.8. The van der Waals surface area contributed by atoms with Crippen molar-refractivity contribution in [2.24, 2.45) is 0 Å². The molecule has 0 radical (unpaired) electrons. The lowest BCUT2D eigenvalue weighted by atomic mass is 9.87. The van der Waals surface area contributed by atoms with Gasteiger partial charge in [-0.05, 0) is 90.9 Å². The van der Waals surface area contributed by atoms with Crippen LogP contribution >= 0.6 is 0 Å². The number of hydrogen-bond donors (Lipinski definition) is 0.